The summed E-state index contributed by atoms with van der Waals surface area (Å²) >= 11 is 0. The van der Waals surface area contributed by atoms with Crippen LogP contribution in [0.4, 0.5) is 18.9 Å². The average molecular weight is 459 g/mol. The van der Waals surface area contributed by atoms with Crippen molar-refractivity contribution in [1.29, 1.82) is 0 Å². The fourth-order valence-corrected chi connectivity index (χ4v) is 4.41. The Morgan fingerprint density at radius 2 is 1.68 bits per heavy atom. The zero-order chi connectivity index (χ0) is 23.0. The Kier molecular flexibility index (Phi) is 6.35. The van der Waals surface area contributed by atoms with Gasteiger partial charge in [-0.25, -0.2) is 8.42 Å². The summed E-state index contributed by atoms with van der Waals surface area (Å²) in [6.45, 7) is 4.79. The maximum Gasteiger partial charge on any atom is 0.435 e. The van der Waals surface area contributed by atoms with Gasteiger partial charge in [0.25, 0.3) is 0 Å². The molecule has 0 bridgehead atoms. The maximum atomic E-state index is 13.2. The number of piperazine rings is 1. The highest BCUT2D eigenvalue weighted by atomic mass is 32.2. The third kappa shape index (κ3) is 5.03. The molecule has 2 heterocycles. The molecule has 1 aromatic heterocycles. The van der Waals surface area contributed by atoms with Crippen molar-refractivity contribution in [1.82, 2.24) is 14.7 Å². The van der Waals surface area contributed by atoms with Crippen molar-refractivity contribution < 1.29 is 26.4 Å². The van der Waals surface area contributed by atoms with Crippen molar-refractivity contribution in [2.75, 3.05) is 37.3 Å². The molecule has 2 aromatic rings. The monoisotopic (exact) mass is 458 g/mol. The minimum atomic E-state index is -4.55. The Labute approximate surface area is 179 Å². The van der Waals surface area contributed by atoms with E-state index in [0.29, 0.717) is 38.3 Å². The fraction of sp³-hybridized carbons (Fsp3) is 0.500. The van der Waals surface area contributed by atoms with E-state index >= 15 is 0 Å². The predicted octanol–water partition coefficient (Wildman–Crippen LogP) is 2.53. The standard InChI is InChI=1S/C20H25F3N4O3S/c1-4-17-14(2)19(20(21,22)23)24-27(17)13-18(28)26-11-9-25(10-12-26)15-5-7-16(8-6-15)31(3,29)30/h5-8H,4,9-13H2,1-3H3. The number of alkyl halides is 3. The van der Waals surface area contributed by atoms with Gasteiger partial charge in [-0.15, -0.1) is 0 Å². The number of rotatable bonds is 5. The summed E-state index contributed by atoms with van der Waals surface area (Å²) in [5, 5.41) is 3.66. The van der Waals surface area contributed by atoms with Crippen LogP contribution in [-0.2, 0) is 33.8 Å². The topological polar surface area (TPSA) is 75.5 Å². The van der Waals surface area contributed by atoms with E-state index in [2.05, 4.69) is 5.10 Å². The summed E-state index contributed by atoms with van der Waals surface area (Å²) in [7, 11) is -3.27. The largest absolute Gasteiger partial charge is 0.435 e. The first kappa shape index (κ1) is 23.1. The van der Waals surface area contributed by atoms with Crippen molar-refractivity contribution in [3.05, 3.63) is 41.2 Å². The molecule has 1 aliphatic heterocycles. The van der Waals surface area contributed by atoms with Gasteiger partial charge in [-0.3, -0.25) is 9.48 Å². The summed E-state index contributed by atoms with van der Waals surface area (Å²) in [6.07, 6.45) is -3.06. The Balaban J connectivity index is 1.65. The van der Waals surface area contributed by atoms with Gasteiger partial charge in [-0.05, 0) is 37.6 Å². The molecule has 1 aliphatic rings. The van der Waals surface area contributed by atoms with E-state index in [9.17, 15) is 26.4 Å². The summed E-state index contributed by atoms with van der Waals surface area (Å²) < 4.78 is 63.8. The predicted molar refractivity (Wildman–Crippen MR) is 110 cm³/mol. The highest BCUT2D eigenvalue weighted by Gasteiger charge is 2.37. The van der Waals surface area contributed by atoms with Crippen LogP contribution in [0.25, 0.3) is 0 Å². The van der Waals surface area contributed by atoms with Crippen LogP contribution in [0.15, 0.2) is 29.2 Å². The van der Waals surface area contributed by atoms with E-state index in [1.165, 1.54) is 6.92 Å². The third-order valence-electron chi connectivity index (χ3n) is 5.47. The lowest BCUT2D eigenvalue weighted by molar-refractivity contribution is -0.142. The zero-order valence-electron chi connectivity index (χ0n) is 17.6. The number of hydrogen-bond acceptors (Lipinski definition) is 5. The number of hydrogen-bond donors (Lipinski definition) is 0. The maximum absolute atomic E-state index is 13.2. The molecule has 170 valence electrons. The number of amides is 1. The quantitative estimate of drug-likeness (QED) is 0.688. The molecule has 31 heavy (non-hydrogen) atoms. The SMILES string of the molecule is CCc1c(C)c(C(F)(F)F)nn1CC(=O)N1CCN(c2ccc(S(C)(=O)=O)cc2)CC1. The molecule has 7 nitrogen and oxygen atoms in total. The molecule has 0 spiro atoms. The van der Waals surface area contributed by atoms with Gasteiger partial charge in [-0.2, -0.15) is 18.3 Å². The molecule has 0 unspecified atom stereocenters. The Morgan fingerprint density at radius 1 is 1.10 bits per heavy atom. The van der Waals surface area contributed by atoms with Gasteiger partial charge >= 0.3 is 6.18 Å². The van der Waals surface area contributed by atoms with Crippen LogP contribution in [0.1, 0.15) is 23.9 Å². The van der Waals surface area contributed by atoms with Gasteiger partial charge in [0.1, 0.15) is 6.54 Å². The van der Waals surface area contributed by atoms with Crippen LogP contribution in [0.2, 0.25) is 0 Å². The average Bonchev–Trinajstić information content (AvgIpc) is 3.03. The van der Waals surface area contributed by atoms with Gasteiger partial charge in [0, 0.05) is 49.4 Å². The Morgan fingerprint density at radius 3 is 2.16 bits per heavy atom. The van der Waals surface area contributed by atoms with E-state index in [0.717, 1.165) is 16.6 Å². The van der Waals surface area contributed by atoms with Crippen molar-refractivity contribution in [2.24, 2.45) is 0 Å². The lowest BCUT2D eigenvalue weighted by atomic mass is 10.1. The molecule has 0 atom stereocenters. The van der Waals surface area contributed by atoms with E-state index in [1.807, 2.05) is 4.90 Å². The molecule has 1 saturated heterocycles. The molecule has 0 radical (unpaired) electrons. The first-order valence-electron chi connectivity index (χ1n) is 9.88. The van der Waals surface area contributed by atoms with E-state index in [-0.39, 0.29) is 22.9 Å². The molecular weight excluding hydrogens is 433 g/mol. The van der Waals surface area contributed by atoms with Crippen molar-refractivity contribution >= 4 is 21.4 Å². The Hall–Kier alpha value is -2.56. The van der Waals surface area contributed by atoms with Crippen LogP contribution in [0, 0.1) is 6.92 Å². The molecule has 11 heteroatoms. The smallest absolute Gasteiger partial charge is 0.368 e. The van der Waals surface area contributed by atoms with Gasteiger partial charge in [0.15, 0.2) is 15.5 Å². The van der Waals surface area contributed by atoms with Crippen LogP contribution >= 0.6 is 0 Å². The summed E-state index contributed by atoms with van der Waals surface area (Å²) in [6, 6.07) is 6.55. The first-order valence-corrected chi connectivity index (χ1v) is 11.8. The number of halogens is 3. The number of carbonyl (C=O) groups is 1. The molecule has 0 saturated carbocycles. The van der Waals surface area contributed by atoms with E-state index < -0.39 is 21.7 Å². The van der Waals surface area contributed by atoms with Gasteiger partial charge in [0.05, 0.1) is 4.90 Å². The van der Waals surface area contributed by atoms with Gasteiger partial charge in [-0.1, -0.05) is 6.92 Å². The van der Waals surface area contributed by atoms with E-state index in [1.54, 1.807) is 36.1 Å². The molecule has 1 amide bonds. The number of sulfone groups is 1. The summed E-state index contributed by atoms with van der Waals surface area (Å²) in [5.74, 6) is -0.280. The fourth-order valence-electron chi connectivity index (χ4n) is 3.78. The Bertz CT molecular complexity index is 1050. The van der Waals surface area contributed by atoms with Crippen molar-refractivity contribution in [2.45, 2.75) is 37.9 Å². The van der Waals surface area contributed by atoms with Crippen LogP contribution in [0.3, 0.4) is 0 Å². The molecule has 1 aromatic carbocycles. The number of aromatic nitrogens is 2. The molecule has 0 N–H and O–H groups in total. The zero-order valence-corrected chi connectivity index (χ0v) is 18.4. The van der Waals surface area contributed by atoms with Crippen molar-refractivity contribution in [3.63, 3.8) is 0 Å². The lowest BCUT2D eigenvalue weighted by Gasteiger charge is -2.36. The lowest BCUT2D eigenvalue weighted by Crippen LogP contribution is -2.49. The number of carbonyl (C=O) groups excluding carboxylic acids is 1. The molecule has 3 rings (SSSR count). The second kappa shape index (κ2) is 8.52. The molecular formula is C20H25F3N4O3S. The summed E-state index contributed by atoms with van der Waals surface area (Å²) in [5.41, 5.74) is 0.375. The van der Waals surface area contributed by atoms with E-state index in [4.69, 9.17) is 0 Å². The summed E-state index contributed by atoms with van der Waals surface area (Å²) in [4.78, 5) is 16.6. The minimum Gasteiger partial charge on any atom is -0.368 e. The second-order valence-corrected chi connectivity index (χ2v) is 9.58. The third-order valence-corrected chi connectivity index (χ3v) is 6.60. The highest BCUT2D eigenvalue weighted by Crippen LogP contribution is 2.32. The number of anilines is 1. The first-order chi connectivity index (χ1) is 14.4. The van der Waals surface area contributed by atoms with Gasteiger partial charge in [0.2, 0.25) is 5.91 Å². The highest BCUT2D eigenvalue weighted by molar-refractivity contribution is 7.90. The number of nitrogens with zero attached hydrogens (tertiary/aromatic N) is 4. The van der Waals surface area contributed by atoms with Crippen LogP contribution in [-0.4, -0.2) is 61.4 Å². The van der Waals surface area contributed by atoms with Crippen molar-refractivity contribution in [3.8, 4) is 0 Å². The second-order valence-electron chi connectivity index (χ2n) is 7.56. The normalized spacial score (nSPS) is 15.4. The molecule has 0 aliphatic carbocycles. The van der Waals surface area contributed by atoms with Gasteiger partial charge < -0.3 is 9.80 Å². The minimum absolute atomic E-state index is 0.0603. The van der Waals surface area contributed by atoms with Crippen LogP contribution in [0.5, 0.6) is 0 Å². The van der Waals surface area contributed by atoms with Crippen LogP contribution < -0.4 is 4.90 Å². The number of benzene rings is 1. The molecule has 1 fully saturated rings.